The molecule has 8 nitrogen and oxygen atoms in total. The van der Waals surface area contributed by atoms with E-state index in [4.69, 9.17) is 13.9 Å². The van der Waals surface area contributed by atoms with Gasteiger partial charge in [-0.25, -0.2) is 9.97 Å². The van der Waals surface area contributed by atoms with Crippen molar-refractivity contribution in [1.29, 1.82) is 0 Å². The minimum absolute atomic E-state index is 0.0195. The van der Waals surface area contributed by atoms with Gasteiger partial charge >= 0.3 is 0 Å². The summed E-state index contributed by atoms with van der Waals surface area (Å²) in [6.45, 7) is 6.40. The topological polar surface area (TPSA) is 112 Å². The van der Waals surface area contributed by atoms with Gasteiger partial charge in [0, 0.05) is 22.9 Å². The Morgan fingerprint density at radius 2 is 2.15 bits per heavy atom. The molecule has 0 amide bonds. The fourth-order valence-electron chi connectivity index (χ4n) is 9.05. The quantitative estimate of drug-likeness (QED) is 0.482. The van der Waals surface area contributed by atoms with E-state index in [9.17, 15) is 14.7 Å². The van der Waals surface area contributed by atoms with E-state index in [0.717, 1.165) is 37.7 Å². The van der Waals surface area contributed by atoms with Gasteiger partial charge in [0.05, 0.1) is 18.0 Å². The molecule has 9 heteroatoms. The van der Waals surface area contributed by atoms with Gasteiger partial charge in [-0.1, -0.05) is 50.6 Å². The average Bonchev–Trinajstić information content (AvgIpc) is 3.57. The second-order valence-corrected chi connectivity index (χ2v) is 13.6. The molecule has 2 aromatic rings. The van der Waals surface area contributed by atoms with Gasteiger partial charge in [0.1, 0.15) is 5.52 Å². The lowest BCUT2D eigenvalue weighted by molar-refractivity contribution is -0.197. The standard InChI is InChI=1S/C31H36N2O6S/c1-4-6-25-37-24-14-20-19-9-8-17-13-18(34)10-11-29(17,2)26(19)22(35)15-30(20,3)31(24,39-25)23(36)16-40-28-33-21-7-5-12-32-27(21)38-28/h5,7,10-13,19-20,22,24-26,35H,4,6,8-9,14-16H2,1-3H3/t19?,20?,22-,24+,25+,26?,29?,30?,31+/m0/s1. The molecule has 9 atom stereocenters. The summed E-state index contributed by atoms with van der Waals surface area (Å²) in [5.74, 6) is 0.452. The lowest BCUT2D eigenvalue weighted by Gasteiger charge is -2.59. The summed E-state index contributed by atoms with van der Waals surface area (Å²) in [5.41, 5.74) is 0.124. The Bertz CT molecular complexity index is 1400. The van der Waals surface area contributed by atoms with Gasteiger partial charge in [0.2, 0.25) is 5.71 Å². The SMILES string of the molecule is CCC[C@@H]1O[C@@H]2CC3C4CCC5=CC(=O)C=CC5(C)C4[C@@H](O)CC3(C)[C@]2(C(=O)CSc2nc3cccnc3o2)O1. The van der Waals surface area contributed by atoms with Crippen LogP contribution in [0.2, 0.25) is 0 Å². The third kappa shape index (κ3) is 3.63. The minimum atomic E-state index is -1.14. The molecule has 1 N–H and O–H groups in total. The van der Waals surface area contributed by atoms with Crippen LogP contribution in [0.1, 0.15) is 59.3 Å². The first-order valence-corrected chi connectivity index (χ1v) is 15.5. The molecular weight excluding hydrogens is 528 g/mol. The molecule has 0 spiro atoms. The summed E-state index contributed by atoms with van der Waals surface area (Å²) < 4.78 is 19.0. The van der Waals surface area contributed by atoms with Crippen molar-refractivity contribution in [3.05, 3.63) is 42.1 Å². The molecule has 0 aromatic carbocycles. The number of hydrogen-bond donors (Lipinski definition) is 1. The molecule has 7 rings (SSSR count). The number of allylic oxidation sites excluding steroid dienone is 4. The van der Waals surface area contributed by atoms with E-state index in [2.05, 4.69) is 30.7 Å². The fraction of sp³-hybridized carbons (Fsp3) is 0.613. The Labute approximate surface area is 238 Å². The molecule has 5 aliphatic rings. The highest BCUT2D eigenvalue weighted by molar-refractivity contribution is 7.99. The first kappa shape index (κ1) is 26.6. The molecule has 5 unspecified atom stereocenters. The van der Waals surface area contributed by atoms with Gasteiger partial charge in [0.25, 0.3) is 5.22 Å². The highest BCUT2D eigenvalue weighted by Crippen LogP contribution is 2.69. The summed E-state index contributed by atoms with van der Waals surface area (Å²) in [6, 6.07) is 3.64. The second kappa shape index (κ2) is 9.34. The number of ketones is 2. The summed E-state index contributed by atoms with van der Waals surface area (Å²) in [6.07, 6.45) is 10.1. The zero-order valence-corrected chi connectivity index (χ0v) is 24.0. The van der Waals surface area contributed by atoms with Crippen molar-refractivity contribution < 1.29 is 28.6 Å². The van der Waals surface area contributed by atoms with Crippen LogP contribution in [0.5, 0.6) is 0 Å². The number of hydrogen-bond acceptors (Lipinski definition) is 9. The predicted octanol–water partition coefficient (Wildman–Crippen LogP) is 5.05. The maximum absolute atomic E-state index is 14.4. The van der Waals surface area contributed by atoms with Crippen LogP contribution in [0.15, 0.2) is 51.8 Å². The number of carbonyl (C=O) groups is 2. The van der Waals surface area contributed by atoms with Crippen LogP contribution in [0.4, 0.5) is 0 Å². The Hall–Kier alpha value is -2.33. The maximum atomic E-state index is 14.4. The van der Waals surface area contributed by atoms with Crippen LogP contribution in [-0.4, -0.2) is 56.5 Å². The number of ether oxygens (including phenoxy) is 2. The van der Waals surface area contributed by atoms with Gasteiger partial charge in [0.15, 0.2) is 23.5 Å². The molecule has 3 saturated carbocycles. The van der Waals surface area contributed by atoms with Crippen LogP contribution in [0.3, 0.4) is 0 Å². The number of aliphatic hydroxyl groups is 1. The molecule has 212 valence electrons. The van der Waals surface area contributed by atoms with Crippen molar-refractivity contribution >= 4 is 34.6 Å². The number of fused-ring (bicyclic) bond motifs is 8. The lowest BCUT2D eigenvalue weighted by Crippen LogP contribution is -2.63. The number of aromatic nitrogens is 2. The molecule has 3 heterocycles. The Morgan fingerprint density at radius 3 is 2.95 bits per heavy atom. The number of oxazole rings is 1. The van der Waals surface area contributed by atoms with E-state index in [1.807, 2.05) is 12.1 Å². The lowest BCUT2D eigenvalue weighted by atomic mass is 9.46. The normalized spacial score (nSPS) is 41.8. The van der Waals surface area contributed by atoms with E-state index in [1.165, 1.54) is 11.8 Å². The molecule has 40 heavy (non-hydrogen) atoms. The molecule has 2 aromatic heterocycles. The zero-order chi connectivity index (χ0) is 27.9. The molecule has 4 aliphatic carbocycles. The number of carbonyl (C=O) groups excluding carboxylic acids is 2. The molecule has 0 radical (unpaired) electrons. The smallest absolute Gasteiger partial charge is 0.258 e. The second-order valence-electron chi connectivity index (χ2n) is 12.7. The van der Waals surface area contributed by atoms with Crippen molar-refractivity contribution in [3.63, 3.8) is 0 Å². The van der Waals surface area contributed by atoms with Crippen LogP contribution >= 0.6 is 11.8 Å². The van der Waals surface area contributed by atoms with Crippen molar-refractivity contribution in [2.45, 2.75) is 88.6 Å². The van der Waals surface area contributed by atoms with Gasteiger partial charge < -0.3 is 19.0 Å². The number of nitrogens with zero attached hydrogens (tertiary/aromatic N) is 2. The number of Topliss-reactive ketones (excluding diaryl/α,β-unsaturated/α-hetero) is 1. The number of thioether (sulfide) groups is 1. The van der Waals surface area contributed by atoms with Crippen molar-refractivity contribution in [2.24, 2.45) is 28.6 Å². The van der Waals surface area contributed by atoms with Crippen LogP contribution in [0, 0.1) is 28.6 Å². The van der Waals surface area contributed by atoms with E-state index < -0.39 is 23.4 Å². The molecular formula is C31H36N2O6S. The largest absolute Gasteiger partial charge is 0.412 e. The monoisotopic (exact) mass is 564 g/mol. The molecule has 1 saturated heterocycles. The number of rotatable bonds is 6. The Morgan fingerprint density at radius 1 is 1.30 bits per heavy atom. The van der Waals surface area contributed by atoms with Crippen molar-refractivity contribution in [3.8, 4) is 0 Å². The van der Waals surface area contributed by atoms with Crippen LogP contribution < -0.4 is 0 Å². The van der Waals surface area contributed by atoms with Gasteiger partial charge in [-0.05, 0) is 68.2 Å². The highest BCUT2D eigenvalue weighted by atomic mass is 32.2. The minimum Gasteiger partial charge on any atom is -0.412 e. The van der Waals surface area contributed by atoms with Crippen molar-refractivity contribution in [1.82, 2.24) is 9.97 Å². The van der Waals surface area contributed by atoms with Crippen LogP contribution in [0.25, 0.3) is 11.2 Å². The summed E-state index contributed by atoms with van der Waals surface area (Å²) >= 11 is 1.26. The predicted molar refractivity (Wildman–Crippen MR) is 148 cm³/mol. The molecule has 4 fully saturated rings. The van der Waals surface area contributed by atoms with E-state index >= 15 is 0 Å². The summed E-state index contributed by atoms with van der Waals surface area (Å²) in [5, 5.41) is 12.3. The van der Waals surface area contributed by atoms with Gasteiger partial charge in [-0.15, -0.1) is 0 Å². The number of aliphatic hydroxyl groups excluding tert-OH is 1. The first-order valence-electron chi connectivity index (χ1n) is 14.5. The fourth-order valence-corrected chi connectivity index (χ4v) is 9.82. The Balaban J connectivity index is 1.22. The Kier molecular flexibility index (Phi) is 6.20. The van der Waals surface area contributed by atoms with E-state index in [-0.39, 0.29) is 46.6 Å². The van der Waals surface area contributed by atoms with E-state index in [1.54, 1.807) is 24.4 Å². The summed E-state index contributed by atoms with van der Waals surface area (Å²) in [7, 11) is 0. The first-order chi connectivity index (χ1) is 19.2. The van der Waals surface area contributed by atoms with Gasteiger partial charge in [-0.2, -0.15) is 0 Å². The van der Waals surface area contributed by atoms with Gasteiger partial charge in [-0.3, -0.25) is 9.59 Å². The molecule has 1 aliphatic heterocycles. The third-order valence-corrected chi connectivity index (χ3v) is 11.5. The van der Waals surface area contributed by atoms with Crippen LogP contribution in [-0.2, 0) is 19.1 Å². The average molecular weight is 565 g/mol. The van der Waals surface area contributed by atoms with E-state index in [0.29, 0.717) is 22.9 Å². The molecule has 0 bridgehead atoms. The maximum Gasteiger partial charge on any atom is 0.258 e. The summed E-state index contributed by atoms with van der Waals surface area (Å²) in [4.78, 5) is 35.3. The third-order valence-electron chi connectivity index (χ3n) is 10.7. The highest BCUT2D eigenvalue weighted by Gasteiger charge is 2.75. The zero-order valence-electron chi connectivity index (χ0n) is 23.2. The van der Waals surface area contributed by atoms with Crippen molar-refractivity contribution in [2.75, 3.05) is 5.75 Å². The number of pyridine rings is 1.